The lowest BCUT2D eigenvalue weighted by Crippen LogP contribution is -2.35. The van der Waals surface area contributed by atoms with Crippen LogP contribution in [0, 0.1) is 10.1 Å². The summed E-state index contributed by atoms with van der Waals surface area (Å²) < 4.78 is 75.0. The van der Waals surface area contributed by atoms with Crippen molar-refractivity contribution in [2.24, 2.45) is 5.84 Å². The summed E-state index contributed by atoms with van der Waals surface area (Å²) in [6.45, 7) is 0. The standard InChI is InChI=1S/C8H5F6N3O3/c9-7(10,11)4-1-2-5(8(12,13)14)6(3-4)16(15)20-17(18)19/h1-3H,15H2. The molecule has 0 amide bonds. The SMILES string of the molecule is NN(O[N+](=O)[O-])c1cc(C(F)(F)F)ccc1C(F)(F)F. The van der Waals surface area contributed by atoms with Gasteiger partial charge in [-0.15, -0.1) is 15.3 Å². The van der Waals surface area contributed by atoms with Crippen LogP contribution in [0.5, 0.6) is 0 Å². The number of hydrogen-bond acceptors (Lipinski definition) is 5. The molecule has 0 saturated heterocycles. The highest BCUT2D eigenvalue weighted by Gasteiger charge is 2.38. The third-order valence-corrected chi connectivity index (χ3v) is 2.02. The molecule has 20 heavy (non-hydrogen) atoms. The highest BCUT2D eigenvalue weighted by molar-refractivity contribution is 5.54. The number of alkyl halides is 6. The summed E-state index contributed by atoms with van der Waals surface area (Å²) in [4.78, 5) is 13.5. The molecule has 0 aliphatic heterocycles. The van der Waals surface area contributed by atoms with Gasteiger partial charge < -0.3 is 0 Å². The smallest absolute Gasteiger partial charge is 0.223 e. The van der Waals surface area contributed by atoms with E-state index >= 15 is 0 Å². The second-order valence-electron chi connectivity index (χ2n) is 3.36. The van der Waals surface area contributed by atoms with E-state index in [0.29, 0.717) is 0 Å². The van der Waals surface area contributed by atoms with Crippen molar-refractivity contribution in [3.05, 3.63) is 39.4 Å². The van der Waals surface area contributed by atoms with E-state index < -0.39 is 39.4 Å². The van der Waals surface area contributed by atoms with Gasteiger partial charge >= 0.3 is 17.4 Å². The number of halogens is 6. The van der Waals surface area contributed by atoms with E-state index in [2.05, 4.69) is 4.94 Å². The minimum atomic E-state index is -5.07. The highest BCUT2D eigenvalue weighted by atomic mass is 19.4. The van der Waals surface area contributed by atoms with Gasteiger partial charge in [-0.2, -0.15) is 31.3 Å². The monoisotopic (exact) mass is 305 g/mol. The number of hydrazine groups is 1. The molecular weight excluding hydrogens is 300 g/mol. The van der Waals surface area contributed by atoms with Gasteiger partial charge in [-0.1, -0.05) is 0 Å². The molecule has 0 aliphatic rings. The zero-order valence-electron chi connectivity index (χ0n) is 9.20. The Morgan fingerprint density at radius 2 is 1.70 bits per heavy atom. The van der Waals surface area contributed by atoms with E-state index in [4.69, 9.17) is 5.84 Å². The van der Waals surface area contributed by atoms with E-state index in [-0.39, 0.29) is 18.2 Å². The first-order valence-corrected chi connectivity index (χ1v) is 4.58. The maximum atomic E-state index is 12.6. The zero-order valence-corrected chi connectivity index (χ0v) is 9.20. The van der Waals surface area contributed by atoms with Crippen molar-refractivity contribution in [3.8, 4) is 0 Å². The molecule has 1 rings (SSSR count). The molecule has 1 aromatic carbocycles. The van der Waals surface area contributed by atoms with Gasteiger partial charge in [0.1, 0.15) is 0 Å². The maximum absolute atomic E-state index is 12.6. The van der Waals surface area contributed by atoms with Crippen molar-refractivity contribution in [2.45, 2.75) is 12.4 Å². The number of nitrogens with zero attached hydrogens (tertiary/aromatic N) is 2. The Morgan fingerprint density at radius 1 is 1.15 bits per heavy atom. The van der Waals surface area contributed by atoms with Gasteiger partial charge in [0.25, 0.3) is 0 Å². The summed E-state index contributed by atoms with van der Waals surface area (Å²) in [6, 6.07) is 0.264. The van der Waals surface area contributed by atoms with Gasteiger partial charge in [0.2, 0.25) is 0 Å². The number of anilines is 1. The molecule has 0 bridgehead atoms. The number of benzene rings is 1. The van der Waals surface area contributed by atoms with Crippen LogP contribution >= 0.6 is 0 Å². The van der Waals surface area contributed by atoms with E-state index in [9.17, 15) is 36.5 Å². The molecular formula is C8H5F6N3O3. The van der Waals surface area contributed by atoms with Crippen molar-refractivity contribution in [1.29, 1.82) is 0 Å². The lowest BCUT2D eigenvalue weighted by Gasteiger charge is -2.21. The van der Waals surface area contributed by atoms with Crippen LogP contribution in [0.25, 0.3) is 0 Å². The molecule has 112 valence electrons. The van der Waals surface area contributed by atoms with Crippen molar-refractivity contribution >= 4 is 5.69 Å². The van der Waals surface area contributed by atoms with Gasteiger partial charge in [-0.25, -0.2) is 5.84 Å². The number of nitrogens with two attached hydrogens (primary N) is 1. The topological polar surface area (TPSA) is 81.6 Å². The van der Waals surface area contributed by atoms with Crippen LogP contribution in [0.15, 0.2) is 18.2 Å². The second-order valence-corrected chi connectivity index (χ2v) is 3.36. The molecule has 0 fully saturated rings. The van der Waals surface area contributed by atoms with Crippen LogP contribution in [0.4, 0.5) is 32.0 Å². The Kier molecular flexibility index (Phi) is 3.98. The summed E-state index contributed by atoms with van der Waals surface area (Å²) in [7, 11) is 0. The predicted molar refractivity (Wildman–Crippen MR) is 51.2 cm³/mol. The largest absolute Gasteiger partial charge is 0.418 e. The third kappa shape index (κ3) is 3.63. The fraction of sp³-hybridized carbons (Fsp3) is 0.250. The predicted octanol–water partition coefficient (Wildman–Crippen LogP) is 2.53. The molecule has 0 spiro atoms. The van der Waals surface area contributed by atoms with Gasteiger partial charge in [0, 0.05) is 0 Å². The molecule has 0 saturated carbocycles. The van der Waals surface area contributed by atoms with Crippen LogP contribution in [0.3, 0.4) is 0 Å². The van der Waals surface area contributed by atoms with Crippen molar-refractivity contribution in [3.63, 3.8) is 0 Å². The first-order chi connectivity index (χ1) is 8.93. The Balaban J connectivity index is 3.37. The first-order valence-electron chi connectivity index (χ1n) is 4.58. The van der Waals surface area contributed by atoms with Gasteiger partial charge in [-0.05, 0) is 18.2 Å². The Morgan fingerprint density at radius 3 is 2.10 bits per heavy atom. The summed E-state index contributed by atoms with van der Waals surface area (Å²) >= 11 is 0. The maximum Gasteiger partial charge on any atom is 0.418 e. The molecule has 0 unspecified atom stereocenters. The molecule has 0 heterocycles. The molecule has 1 aromatic rings. The average Bonchev–Trinajstić information content (AvgIpc) is 2.24. The van der Waals surface area contributed by atoms with E-state index in [1.807, 2.05) is 0 Å². The molecule has 2 N–H and O–H groups in total. The van der Waals surface area contributed by atoms with Crippen LogP contribution < -0.4 is 11.0 Å². The summed E-state index contributed by atoms with van der Waals surface area (Å²) in [5.74, 6) is 4.81. The zero-order chi connectivity index (χ0) is 15.7. The van der Waals surface area contributed by atoms with E-state index in [1.165, 1.54) is 0 Å². The highest BCUT2D eigenvalue weighted by Crippen LogP contribution is 2.39. The van der Waals surface area contributed by atoms with Crippen molar-refractivity contribution in [2.75, 3.05) is 5.17 Å². The molecule has 0 radical (unpaired) electrons. The first kappa shape index (κ1) is 15.8. The average molecular weight is 305 g/mol. The summed E-state index contributed by atoms with van der Waals surface area (Å²) in [5, 5.41) is 7.91. The molecule has 0 aliphatic carbocycles. The van der Waals surface area contributed by atoms with E-state index in [0.717, 1.165) is 0 Å². The van der Waals surface area contributed by atoms with Gasteiger partial charge in [-0.3, -0.25) is 0 Å². The fourth-order valence-electron chi connectivity index (χ4n) is 1.25. The van der Waals surface area contributed by atoms with Crippen LogP contribution in [0.2, 0.25) is 0 Å². The van der Waals surface area contributed by atoms with Crippen molar-refractivity contribution in [1.82, 2.24) is 0 Å². The number of hydrogen-bond donors (Lipinski definition) is 1. The minimum absolute atomic E-state index is 0.00762. The van der Waals surface area contributed by atoms with Crippen molar-refractivity contribution < 1.29 is 36.4 Å². The normalized spacial score (nSPS) is 12.2. The molecule has 0 aromatic heterocycles. The Labute approximate surface area is 106 Å². The lowest BCUT2D eigenvalue weighted by molar-refractivity contribution is -0.762. The van der Waals surface area contributed by atoms with Crippen LogP contribution in [0.1, 0.15) is 11.1 Å². The fourth-order valence-corrected chi connectivity index (χ4v) is 1.25. The Hall–Kier alpha value is -2.24. The third-order valence-electron chi connectivity index (χ3n) is 2.02. The van der Waals surface area contributed by atoms with Crippen LogP contribution in [-0.2, 0) is 17.3 Å². The van der Waals surface area contributed by atoms with E-state index in [1.54, 1.807) is 0 Å². The van der Waals surface area contributed by atoms with Crippen LogP contribution in [-0.4, -0.2) is 5.09 Å². The summed E-state index contributed by atoms with van der Waals surface area (Å²) in [5.41, 5.74) is -4.43. The summed E-state index contributed by atoms with van der Waals surface area (Å²) in [6.07, 6.45) is -10.0. The number of rotatable bonds is 3. The molecule has 12 heteroatoms. The lowest BCUT2D eigenvalue weighted by atomic mass is 10.1. The molecule has 6 nitrogen and oxygen atoms in total. The Bertz CT molecular complexity index is 515. The second kappa shape index (κ2) is 5.03. The van der Waals surface area contributed by atoms with Gasteiger partial charge in [0.15, 0.2) is 0 Å². The quantitative estimate of drug-likeness (QED) is 0.401. The van der Waals surface area contributed by atoms with Gasteiger partial charge in [0.05, 0.1) is 16.8 Å². The molecule has 0 atom stereocenters. The minimum Gasteiger partial charge on any atom is -0.223 e.